The number of hydrogen-bond donors (Lipinski definition) is 1. The highest BCUT2D eigenvalue weighted by Gasteiger charge is 2.51. The standard InChI is InChI=1S/C20H33NO5S/c22-20(19-15-7-13-6-14(9-15)10-16(19)8-13)26-18(12-27(23,24)25)11-21-17-4-2-1-3-5-17/h13-19,21H,1-12H2,(H,23,24,25)/p-1. The fraction of sp³-hybridized carbons (Fsp3) is 0.950. The molecule has 7 heteroatoms. The van der Waals surface area contributed by atoms with Crippen molar-refractivity contribution in [3.8, 4) is 0 Å². The van der Waals surface area contributed by atoms with E-state index in [0.29, 0.717) is 17.9 Å². The van der Waals surface area contributed by atoms with Gasteiger partial charge in [0.05, 0.1) is 21.8 Å². The van der Waals surface area contributed by atoms with Gasteiger partial charge in [0.2, 0.25) is 0 Å². The van der Waals surface area contributed by atoms with Gasteiger partial charge in [0.25, 0.3) is 0 Å². The second-order valence-electron chi connectivity index (χ2n) is 9.48. The predicted octanol–water partition coefficient (Wildman–Crippen LogP) is 2.44. The third-order valence-corrected chi connectivity index (χ3v) is 8.19. The molecule has 27 heavy (non-hydrogen) atoms. The van der Waals surface area contributed by atoms with Gasteiger partial charge in [0, 0.05) is 12.6 Å². The van der Waals surface area contributed by atoms with Crippen molar-refractivity contribution in [1.29, 1.82) is 0 Å². The van der Waals surface area contributed by atoms with Gasteiger partial charge in [-0.1, -0.05) is 19.3 Å². The summed E-state index contributed by atoms with van der Waals surface area (Å²) in [5.41, 5.74) is 0. The summed E-state index contributed by atoms with van der Waals surface area (Å²) in [4.78, 5) is 12.9. The third kappa shape index (κ3) is 4.85. The zero-order valence-electron chi connectivity index (χ0n) is 16.0. The maximum absolute atomic E-state index is 12.9. The van der Waals surface area contributed by atoms with E-state index < -0.39 is 22.0 Å². The van der Waals surface area contributed by atoms with E-state index in [0.717, 1.165) is 63.2 Å². The Bertz CT molecular complexity index is 615. The summed E-state index contributed by atoms with van der Waals surface area (Å²) in [7, 11) is -4.44. The number of ether oxygens (including phenoxy) is 1. The summed E-state index contributed by atoms with van der Waals surface area (Å²) in [5, 5.41) is 3.34. The lowest BCUT2D eigenvalue weighted by molar-refractivity contribution is -0.166. The number of nitrogens with one attached hydrogen (secondary N) is 1. The summed E-state index contributed by atoms with van der Waals surface area (Å²) < 4.78 is 39.6. The Labute approximate surface area is 162 Å². The fourth-order valence-corrected chi connectivity index (χ4v) is 7.16. The van der Waals surface area contributed by atoms with Crippen molar-refractivity contribution < 1.29 is 22.5 Å². The Morgan fingerprint density at radius 1 is 1.00 bits per heavy atom. The average molecular weight is 399 g/mol. The Hall–Kier alpha value is -0.660. The van der Waals surface area contributed by atoms with Crippen molar-refractivity contribution >= 4 is 16.1 Å². The maximum atomic E-state index is 12.9. The molecule has 1 atom stereocenters. The first-order valence-electron chi connectivity index (χ1n) is 10.7. The van der Waals surface area contributed by atoms with Gasteiger partial charge >= 0.3 is 5.97 Å². The lowest BCUT2D eigenvalue weighted by Gasteiger charge is -2.53. The number of carbonyl (C=O) groups is 1. The van der Waals surface area contributed by atoms with E-state index in [-0.39, 0.29) is 18.4 Å². The molecule has 0 aromatic heterocycles. The van der Waals surface area contributed by atoms with Crippen LogP contribution in [0.1, 0.15) is 64.2 Å². The van der Waals surface area contributed by atoms with Crippen molar-refractivity contribution in [1.82, 2.24) is 5.32 Å². The zero-order chi connectivity index (χ0) is 19.0. The normalized spacial score (nSPS) is 37.3. The van der Waals surface area contributed by atoms with E-state index in [1.807, 2.05) is 0 Å². The first-order chi connectivity index (χ1) is 12.9. The Balaban J connectivity index is 1.37. The molecule has 1 unspecified atom stereocenters. The van der Waals surface area contributed by atoms with Crippen LogP contribution < -0.4 is 5.32 Å². The van der Waals surface area contributed by atoms with Gasteiger partial charge in [-0.25, -0.2) is 8.42 Å². The molecule has 1 N–H and O–H groups in total. The number of rotatable bonds is 7. The molecule has 0 amide bonds. The SMILES string of the molecule is O=C(OC(CNC1CCCCC1)CS(=O)(=O)[O-])C1C2CC3CC(C2)CC1C3. The second-order valence-corrected chi connectivity index (χ2v) is 10.9. The minimum atomic E-state index is -4.44. The first-order valence-corrected chi connectivity index (χ1v) is 12.3. The van der Waals surface area contributed by atoms with E-state index in [2.05, 4.69) is 5.32 Å². The molecule has 5 saturated carbocycles. The average Bonchev–Trinajstić information content (AvgIpc) is 2.58. The highest BCUT2D eigenvalue weighted by molar-refractivity contribution is 7.85. The van der Waals surface area contributed by atoms with Gasteiger partial charge in [-0.3, -0.25) is 4.79 Å². The Morgan fingerprint density at radius 2 is 1.59 bits per heavy atom. The highest BCUT2D eigenvalue weighted by atomic mass is 32.2. The topological polar surface area (TPSA) is 95.5 Å². The van der Waals surface area contributed by atoms with Crippen molar-refractivity contribution in [2.24, 2.45) is 29.6 Å². The second kappa shape index (κ2) is 7.99. The van der Waals surface area contributed by atoms with Crippen LogP contribution in [0.3, 0.4) is 0 Å². The summed E-state index contributed by atoms with van der Waals surface area (Å²) in [6, 6.07) is 0.329. The van der Waals surface area contributed by atoms with Gasteiger partial charge in [-0.05, 0) is 68.6 Å². The van der Waals surface area contributed by atoms with Crippen molar-refractivity contribution in [3.05, 3.63) is 0 Å². The molecule has 0 spiro atoms. The molecule has 0 heterocycles. The molecule has 5 rings (SSSR count). The third-order valence-electron chi connectivity index (χ3n) is 7.41. The van der Waals surface area contributed by atoms with E-state index in [4.69, 9.17) is 4.74 Å². The monoisotopic (exact) mass is 398 g/mol. The van der Waals surface area contributed by atoms with Crippen molar-refractivity contribution in [3.63, 3.8) is 0 Å². The molecule has 0 aliphatic heterocycles. The Morgan fingerprint density at radius 3 is 2.15 bits per heavy atom. The van der Waals surface area contributed by atoms with E-state index in [9.17, 15) is 17.8 Å². The molecule has 5 aliphatic carbocycles. The predicted molar refractivity (Wildman–Crippen MR) is 99.9 cm³/mol. The summed E-state index contributed by atoms with van der Waals surface area (Å²) >= 11 is 0. The van der Waals surface area contributed by atoms with E-state index in [1.54, 1.807) is 0 Å². The highest BCUT2D eigenvalue weighted by Crippen LogP contribution is 2.56. The molecule has 4 bridgehead atoms. The lowest BCUT2D eigenvalue weighted by Crippen LogP contribution is -2.50. The summed E-state index contributed by atoms with van der Waals surface area (Å²) in [6.45, 7) is 0.255. The van der Waals surface area contributed by atoms with Crippen LogP contribution in [0.4, 0.5) is 0 Å². The van der Waals surface area contributed by atoms with Crippen molar-refractivity contribution in [2.45, 2.75) is 76.4 Å². The molecule has 154 valence electrons. The van der Waals surface area contributed by atoms with E-state index >= 15 is 0 Å². The molecule has 0 radical (unpaired) electrons. The van der Waals surface area contributed by atoms with Gasteiger partial charge in [0.15, 0.2) is 0 Å². The van der Waals surface area contributed by atoms with E-state index in [1.165, 1.54) is 12.8 Å². The summed E-state index contributed by atoms with van der Waals surface area (Å²) in [6.07, 6.45) is 10.5. The van der Waals surface area contributed by atoms with Crippen LogP contribution in [0.2, 0.25) is 0 Å². The minimum Gasteiger partial charge on any atom is -0.748 e. The fourth-order valence-electron chi connectivity index (χ4n) is 6.52. The molecule has 0 aromatic rings. The van der Waals surface area contributed by atoms with Crippen molar-refractivity contribution in [2.75, 3.05) is 12.3 Å². The van der Waals surface area contributed by atoms with Crippen LogP contribution in [-0.4, -0.2) is 43.4 Å². The number of esters is 1. The minimum absolute atomic E-state index is 0.0932. The van der Waals surface area contributed by atoms with Crippen LogP contribution in [0.5, 0.6) is 0 Å². The molecule has 0 aromatic carbocycles. The number of hydrogen-bond acceptors (Lipinski definition) is 6. The van der Waals surface area contributed by atoms with Gasteiger partial charge in [-0.2, -0.15) is 0 Å². The maximum Gasteiger partial charge on any atom is 0.309 e. The quantitative estimate of drug-likeness (QED) is 0.523. The van der Waals surface area contributed by atoms with Crippen LogP contribution in [0.25, 0.3) is 0 Å². The van der Waals surface area contributed by atoms with Gasteiger partial charge < -0.3 is 14.6 Å². The summed E-state index contributed by atoms with van der Waals surface area (Å²) in [5.74, 6) is 1.33. The molecule has 6 nitrogen and oxygen atoms in total. The smallest absolute Gasteiger partial charge is 0.309 e. The molecular weight excluding hydrogens is 366 g/mol. The van der Waals surface area contributed by atoms with Gasteiger partial charge in [-0.15, -0.1) is 0 Å². The number of carbonyl (C=O) groups excluding carboxylic acids is 1. The van der Waals surface area contributed by atoms with Crippen LogP contribution in [0, 0.1) is 29.6 Å². The molecule has 5 fully saturated rings. The Kier molecular flexibility index (Phi) is 5.82. The van der Waals surface area contributed by atoms with Gasteiger partial charge in [0.1, 0.15) is 6.10 Å². The zero-order valence-corrected chi connectivity index (χ0v) is 16.8. The van der Waals surface area contributed by atoms with Crippen LogP contribution in [0.15, 0.2) is 0 Å². The van der Waals surface area contributed by atoms with Crippen LogP contribution in [-0.2, 0) is 19.6 Å². The molecular formula is C20H32NO5S-. The largest absolute Gasteiger partial charge is 0.748 e. The molecule has 0 saturated heterocycles. The molecule has 5 aliphatic rings. The van der Waals surface area contributed by atoms with Crippen LogP contribution >= 0.6 is 0 Å². The first kappa shape index (κ1) is 19.6. The lowest BCUT2D eigenvalue weighted by atomic mass is 9.52.